The second kappa shape index (κ2) is 8.41. The van der Waals surface area contributed by atoms with Gasteiger partial charge in [-0.2, -0.15) is 9.61 Å². The fourth-order valence-corrected chi connectivity index (χ4v) is 5.60. The summed E-state index contributed by atoms with van der Waals surface area (Å²) >= 11 is 14.3. The minimum absolute atomic E-state index is 0.121. The lowest BCUT2D eigenvalue weighted by molar-refractivity contribution is 0.0607. The first-order valence-electron chi connectivity index (χ1n) is 10.3. The van der Waals surface area contributed by atoms with Gasteiger partial charge in [0.1, 0.15) is 11.0 Å². The Morgan fingerprint density at radius 3 is 2.84 bits per heavy atom. The van der Waals surface area contributed by atoms with Crippen molar-refractivity contribution in [1.82, 2.24) is 19.5 Å². The van der Waals surface area contributed by atoms with E-state index in [1.807, 2.05) is 33.3 Å². The Morgan fingerprint density at radius 1 is 1.16 bits per heavy atom. The normalized spacial score (nSPS) is 19.4. The summed E-state index contributed by atoms with van der Waals surface area (Å²) < 4.78 is 1.85. The van der Waals surface area contributed by atoms with Crippen molar-refractivity contribution >= 4 is 58.0 Å². The fraction of sp³-hybridized carbons (Fsp3) is 0.381. The van der Waals surface area contributed by atoms with Gasteiger partial charge in [0.05, 0.1) is 23.2 Å². The Kier molecular flexibility index (Phi) is 5.62. The topological polar surface area (TPSA) is 79.8 Å². The van der Waals surface area contributed by atoms with Crippen LogP contribution in [0.4, 0.5) is 11.5 Å². The number of likely N-dealkylation sites (tertiary alicyclic amines) is 1. The minimum Gasteiger partial charge on any atom is -0.398 e. The van der Waals surface area contributed by atoms with Crippen LogP contribution in [0.25, 0.3) is 5.65 Å². The van der Waals surface area contributed by atoms with E-state index in [4.69, 9.17) is 34.0 Å². The maximum Gasteiger partial charge on any atom is 0.256 e. The molecule has 31 heavy (non-hydrogen) atoms. The number of aromatic nitrogens is 3. The average Bonchev–Trinajstić information content (AvgIpc) is 3.44. The number of thioether (sulfide) groups is 1. The molecule has 4 heterocycles. The summed E-state index contributed by atoms with van der Waals surface area (Å²) in [5.41, 5.74) is 8.45. The van der Waals surface area contributed by atoms with E-state index in [2.05, 4.69) is 9.88 Å². The quantitative estimate of drug-likeness (QED) is 0.442. The van der Waals surface area contributed by atoms with Gasteiger partial charge in [0.25, 0.3) is 5.91 Å². The maximum absolute atomic E-state index is 13.4. The highest BCUT2D eigenvalue weighted by Gasteiger charge is 2.32. The first-order chi connectivity index (χ1) is 15.0. The molecule has 0 radical (unpaired) electrons. The number of carbonyl (C=O) groups is 1. The molecule has 1 amide bonds. The van der Waals surface area contributed by atoms with Crippen molar-refractivity contribution in [3.8, 4) is 0 Å². The Balaban J connectivity index is 1.53. The molecule has 0 bridgehead atoms. The van der Waals surface area contributed by atoms with Crippen LogP contribution in [0.1, 0.15) is 41.4 Å². The monoisotopic (exact) mass is 476 g/mol. The number of fused-ring (bicyclic) bond motifs is 1. The summed E-state index contributed by atoms with van der Waals surface area (Å²) in [6.45, 7) is 1.59. The summed E-state index contributed by atoms with van der Waals surface area (Å²) in [5, 5.41) is 5.81. The molecular formula is C21H22Cl2N6OS. The smallest absolute Gasteiger partial charge is 0.256 e. The van der Waals surface area contributed by atoms with E-state index < -0.39 is 0 Å². The number of rotatable bonds is 3. The van der Waals surface area contributed by atoms with Crippen molar-refractivity contribution in [3.63, 3.8) is 0 Å². The van der Waals surface area contributed by atoms with Gasteiger partial charge in [0.15, 0.2) is 5.65 Å². The van der Waals surface area contributed by atoms with E-state index >= 15 is 0 Å². The Labute approximate surface area is 194 Å². The summed E-state index contributed by atoms with van der Waals surface area (Å²) in [7, 11) is 0. The zero-order valence-corrected chi connectivity index (χ0v) is 19.1. The average molecular weight is 477 g/mol. The first kappa shape index (κ1) is 20.7. The molecule has 1 aromatic carbocycles. The van der Waals surface area contributed by atoms with Crippen LogP contribution in [-0.2, 0) is 0 Å². The lowest BCUT2D eigenvalue weighted by Gasteiger charge is -2.35. The van der Waals surface area contributed by atoms with E-state index in [1.54, 1.807) is 18.2 Å². The summed E-state index contributed by atoms with van der Waals surface area (Å²) in [4.78, 5) is 22.0. The number of carbonyl (C=O) groups excluding carboxylic acids is 1. The van der Waals surface area contributed by atoms with Crippen LogP contribution < -0.4 is 10.6 Å². The zero-order chi connectivity index (χ0) is 21.5. The van der Waals surface area contributed by atoms with Crippen LogP contribution in [0.3, 0.4) is 0 Å². The lowest BCUT2D eigenvalue weighted by atomic mass is 9.98. The molecular weight excluding hydrogens is 455 g/mol. The molecule has 2 aliphatic rings. The van der Waals surface area contributed by atoms with Crippen LogP contribution in [0.15, 0.2) is 30.3 Å². The number of nitrogen functional groups attached to an aromatic ring is 1. The van der Waals surface area contributed by atoms with Gasteiger partial charge in [0.2, 0.25) is 0 Å². The van der Waals surface area contributed by atoms with Gasteiger partial charge in [-0.25, -0.2) is 4.98 Å². The number of piperidine rings is 1. The number of hydrogen-bond acceptors (Lipinski definition) is 6. The van der Waals surface area contributed by atoms with E-state index in [1.165, 1.54) is 0 Å². The number of nitrogens with two attached hydrogens (primary N) is 1. The molecule has 0 spiro atoms. The second-order valence-corrected chi connectivity index (χ2v) is 9.72. The van der Waals surface area contributed by atoms with Gasteiger partial charge in [0, 0.05) is 41.7 Å². The Bertz CT molecular complexity index is 1150. The van der Waals surface area contributed by atoms with Crippen LogP contribution in [-0.4, -0.2) is 50.1 Å². The Hall–Kier alpha value is -2.16. The summed E-state index contributed by atoms with van der Waals surface area (Å²) in [6.07, 6.45) is 2.80. The van der Waals surface area contributed by atoms with E-state index in [0.717, 1.165) is 48.9 Å². The largest absolute Gasteiger partial charge is 0.398 e. The fourth-order valence-electron chi connectivity index (χ4n) is 4.28. The molecule has 3 aromatic rings. The predicted molar refractivity (Wildman–Crippen MR) is 126 cm³/mol. The molecule has 2 aromatic heterocycles. The number of hydrogen-bond donors (Lipinski definition) is 1. The highest BCUT2D eigenvalue weighted by Crippen LogP contribution is 2.34. The maximum atomic E-state index is 13.4. The molecule has 0 saturated carbocycles. The highest BCUT2D eigenvalue weighted by molar-refractivity contribution is 7.99. The van der Waals surface area contributed by atoms with Crippen molar-refractivity contribution in [2.24, 2.45) is 0 Å². The highest BCUT2D eigenvalue weighted by atomic mass is 35.5. The first-order valence-corrected chi connectivity index (χ1v) is 12.2. The van der Waals surface area contributed by atoms with Gasteiger partial charge in [-0.1, -0.05) is 23.2 Å². The number of nitrogens with zero attached hydrogens (tertiary/aromatic N) is 5. The molecule has 0 aliphatic carbocycles. The number of amides is 1. The van der Waals surface area contributed by atoms with Crippen molar-refractivity contribution < 1.29 is 4.79 Å². The molecule has 7 nitrogen and oxygen atoms in total. The van der Waals surface area contributed by atoms with Crippen molar-refractivity contribution in [1.29, 1.82) is 0 Å². The molecule has 2 saturated heterocycles. The molecule has 2 N–H and O–H groups in total. The molecule has 2 aliphatic heterocycles. The number of benzene rings is 1. The number of anilines is 2. The predicted octanol–water partition coefficient (Wildman–Crippen LogP) is 4.50. The lowest BCUT2D eigenvalue weighted by Crippen LogP contribution is -2.39. The van der Waals surface area contributed by atoms with Crippen molar-refractivity contribution in [3.05, 3.63) is 51.8 Å². The molecule has 162 valence electrons. The third-order valence-electron chi connectivity index (χ3n) is 5.82. The number of halogens is 2. The second-order valence-electron chi connectivity index (χ2n) is 7.82. The molecule has 10 heteroatoms. The van der Waals surface area contributed by atoms with Gasteiger partial charge < -0.3 is 15.5 Å². The zero-order valence-electron chi connectivity index (χ0n) is 16.8. The standard InChI is InChI=1S/C21H22Cl2N6OS/c22-13-4-5-15(24)14(9-13)21(30)28-6-2-1-3-17(28)16-10-19-25-18(23)11-20(29(19)26-16)27-7-8-31-12-27/h4-5,9-11,17H,1-3,6-8,12,24H2/t17-/m0/s1. The summed E-state index contributed by atoms with van der Waals surface area (Å²) in [6, 6.07) is 8.65. The summed E-state index contributed by atoms with van der Waals surface area (Å²) in [5.74, 6) is 2.77. The van der Waals surface area contributed by atoms with Crippen molar-refractivity contribution in [2.45, 2.75) is 25.3 Å². The third kappa shape index (κ3) is 3.92. The molecule has 5 rings (SSSR count). The van der Waals surface area contributed by atoms with Gasteiger partial charge >= 0.3 is 0 Å². The van der Waals surface area contributed by atoms with Gasteiger partial charge in [-0.3, -0.25) is 4.79 Å². The SMILES string of the molecule is Nc1ccc(Cl)cc1C(=O)N1CCCC[C@H]1c1cc2nc(Cl)cc(N3CCSC3)n2n1. The van der Waals surface area contributed by atoms with E-state index in [0.29, 0.717) is 33.6 Å². The Morgan fingerprint density at radius 2 is 2.03 bits per heavy atom. The van der Waals surface area contributed by atoms with Crippen LogP contribution >= 0.6 is 35.0 Å². The van der Waals surface area contributed by atoms with E-state index in [9.17, 15) is 4.79 Å². The molecule has 0 unspecified atom stereocenters. The van der Waals surface area contributed by atoms with Crippen LogP contribution in [0.5, 0.6) is 0 Å². The van der Waals surface area contributed by atoms with Gasteiger partial charge in [-0.05, 0) is 37.5 Å². The van der Waals surface area contributed by atoms with Crippen molar-refractivity contribution in [2.75, 3.05) is 35.4 Å². The van der Waals surface area contributed by atoms with E-state index in [-0.39, 0.29) is 11.9 Å². The molecule has 2 fully saturated rings. The van der Waals surface area contributed by atoms with Crippen LogP contribution in [0.2, 0.25) is 10.2 Å². The third-order valence-corrected chi connectivity index (χ3v) is 7.22. The minimum atomic E-state index is -0.152. The molecule has 1 atom stereocenters. The van der Waals surface area contributed by atoms with Gasteiger partial charge in [-0.15, -0.1) is 11.8 Å². The van der Waals surface area contributed by atoms with Crippen LogP contribution in [0, 0.1) is 0 Å².